The molecule has 0 saturated carbocycles. The van der Waals surface area contributed by atoms with Crippen LogP contribution in [0.2, 0.25) is 0 Å². The van der Waals surface area contributed by atoms with E-state index in [1.54, 1.807) is 0 Å². The first-order chi connectivity index (χ1) is 12.7. The van der Waals surface area contributed by atoms with E-state index < -0.39 is 44.7 Å². The van der Waals surface area contributed by atoms with Crippen molar-refractivity contribution < 1.29 is 35.4 Å². The third-order valence-corrected chi connectivity index (χ3v) is 6.18. The summed E-state index contributed by atoms with van der Waals surface area (Å²) in [6.45, 7) is 7.96. The molecular weight excluding hydrogens is 408 g/mol. The molecule has 170 valence electrons. The van der Waals surface area contributed by atoms with Gasteiger partial charge in [-0.1, -0.05) is 40.5 Å². The van der Waals surface area contributed by atoms with Crippen LogP contribution < -0.4 is 0 Å². The highest BCUT2D eigenvalue weighted by Gasteiger charge is 2.37. The third-order valence-electron chi connectivity index (χ3n) is 4.99. The average Bonchev–Trinajstić information content (AvgIpc) is 2.58. The first kappa shape index (κ1) is 27.7. The highest BCUT2D eigenvalue weighted by molar-refractivity contribution is 7.86. The lowest BCUT2D eigenvalue weighted by Crippen LogP contribution is -2.47. The molecule has 6 atom stereocenters. The Labute approximate surface area is 170 Å². The summed E-state index contributed by atoms with van der Waals surface area (Å²) in [6, 6.07) is 0. The quantitative estimate of drug-likeness (QED) is 0.366. The Morgan fingerprint density at radius 3 is 1.18 bits per heavy atom. The summed E-state index contributed by atoms with van der Waals surface area (Å²) in [7, 11) is -7.75. The van der Waals surface area contributed by atoms with Crippen molar-refractivity contribution in [3.8, 4) is 0 Å². The molecule has 0 aliphatic carbocycles. The zero-order chi connectivity index (χ0) is 22.1. The van der Waals surface area contributed by atoms with Crippen molar-refractivity contribution in [2.75, 3.05) is 12.5 Å². The van der Waals surface area contributed by atoms with Crippen LogP contribution in [0, 0.1) is 11.8 Å². The molecule has 0 aromatic carbocycles. The van der Waals surface area contributed by atoms with Gasteiger partial charge in [-0.05, 0) is 37.5 Å². The molecule has 0 bridgehead atoms. The molecule has 0 heterocycles. The molecule has 0 saturated heterocycles. The Balaban J connectivity index is 5.43. The molecule has 0 fully saturated rings. The summed E-state index contributed by atoms with van der Waals surface area (Å²) in [4.78, 5) is 0. The fourth-order valence-electron chi connectivity index (χ4n) is 2.75. The van der Waals surface area contributed by atoms with E-state index in [2.05, 4.69) is 0 Å². The van der Waals surface area contributed by atoms with Crippen molar-refractivity contribution >= 4 is 20.2 Å². The van der Waals surface area contributed by atoms with Crippen molar-refractivity contribution in [3.05, 3.63) is 0 Å². The average molecular weight is 447 g/mol. The zero-order valence-electron chi connectivity index (χ0n) is 17.9. The van der Waals surface area contributed by atoms with Crippen LogP contribution in [-0.2, 0) is 28.6 Å². The van der Waals surface area contributed by atoms with Gasteiger partial charge in [-0.15, -0.1) is 0 Å². The van der Waals surface area contributed by atoms with E-state index in [9.17, 15) is 27.0 Å². The largest absolute Gasteiger partial charge is 0.388 e. The molecule has 2 N–H and O–H groups in total. The van der Waals surface area contributed by atoms with Crippen molar-refractivity contribution in [2.45, 2.75) is 90.6 Å². The molecular formula is C18H38O8S2. The molecule has 0 spiro atoms. The van der Waals surface area contributed by atoms with Crippen LogP contribution in [0.15, 0.2) is 0 Å². The molecule has 0 unspecified atom stereocenters. The molecule has 8 nitrogen and oxygen atoms in total. The first-order valence-electron chi connectivity index (χ1n) is 9.82. The van der Waals surface area contributed by atoms with Crippen molar-refractivity contribution in [1.82, 2.24) is 0 Å². The number of hydrogen-bond donors (Lipinski definition) is 2. The van der Waals surface area contributed by atoms with Crippen LogP contribution >= 0.6 is 0 Å². The molecule has 0 radical (unpaired) electrons. The number of rotatable bonds is 15. The van der Waals surface area contributed by atoms with Crippen LogP contribution in [0.1, 0.15) is 66.2 Å². The summed E-state index contributed by atoms with van der Waals surface area (Å²) < 4.78 is 56.4. The minimum absolute atomic E-state index is 0.206. The summed E-state index contributed by atoms with van der Waals surface area (Å²) in [5.41, 5.74) is 0. The Morgan fingerprint density at radius 1 is 0.679 bits per heavy atom. The van der Waals surface area contributed by atoms with Gasteiger partial charge in [0.15, 0.2) is 0 Å². The Bertz CT molecular complexity index is 576. The topological polar surface area (TPSA) is 127 Å². The molecule has 0 aromatic heterocycles. The summed E-state index contributed by atoms with van der Waals surface area (Å²) in [5, 5.41) is 21.2. The molecule has 0 aliphatic rings. The molecule has 28 heavy (non-hydrogen) atoms. The number of aliphatic hydroxyl groups excluding tert-OH is 2. The van der Waals surface area contributed by atoms with E-state index in [0.29, 0.717) is 12.8 Å². The summed E-state index contributed by atoms with van der Waals surface area (Å²) in [6.07, 6.45) is -0.514. The van der Waals surface area contributed by atoms with Crippen LogP contribution in [0.4, 0.5) is 0 Å². The highest BCUT2D eigenvalue weighted by atomic mass is 32.2. The van der Waals surface area contributed by atoms with Gasteiger partial charge in [0.25, 0.3) is 20.2 Å². The normalized spacial score (nSPS) is 19.6. The maximum absolute atomic E-state index is 11.6. The number of aliphatic hydroxyl groups is 2. The van der Waals surface area contributed by atoms with E-state index in [0.717, 1.165) is 25.4 Å². The third kappa shape index (κ3) is 12.3. The molecule has 0 rings (SSSR count). The minimum atomic E-state index is -3.88. The van der Waals surface area contributed by atoms with E-state index in [1.165, 1.54) is 0 Å². The lowest BCUT2D eigenvalue weighted by molar-refractivity contribution is -0.0931. The van der Waals surface area contributed by atoms with E-state index >= 15 is 0 Å². The van der Waals surface area contributed by atoms with Gasteiger partial charge in [-0.25, -0.2) is 0 Å². The minimum Gasteiger partial charge on any atom is -0.388 e. The first-order valence-corrected chi connectivity index (χ1v) is 13.5. The fourth-order valence-corrected chi connectivity index (χ4v) is 4.06. The zero-order valence-corrected chi connectivity index (χ0v) is 19.5. The Hall–Kier alpha value is -0.260. The smallest absolute Gasteiger partial charge is 0.264 e. The second-order valence-electron chi connectivity index (χ2n) is 7.84. The van der Waals surface area contributed by atoms with Crippen LogP contribution in [-0.4, -0.2) is 64.0 Å². The maximum atomic E-state index is 11.6. The second-order valence-corrected chi connectivity index (χ2v) is 11.0. The number of hydrogen-bond acceptors (Lipinski definition) is 8. The van der Waals surface area contributed by atoms with E-state index in [1.807, 2.05) is 27.7 Å². The molecule has 10 heteroatoms. The van der Waals surface area contributed by atoms with Crippen molar-refractivity contribution in [2.24, 2.45) is 11.8 Å². The predicted molar refractivity (Wildman–Crippen MR) is 109 cm³/mol. The van der Waals surface area contributed by atoms with Crippen molar-refractivity contribution in [1.29, 1.82) is 0 Å². The lowest BCUT2D eigenvalue weighted by atomic mass is 9.92. The van der Waals surface area contributed by atoms with Gasteiger partial charge >= 0.3 is 0 Å². The van der Waals surface area contributed by atoms with Gasteiger partial charge < -0.3 is 10.2 Å². The molecule has 0 aromatic rings. The van der Waals surface area contributed by atoms with E-state index in [4.69, 9.17) is 8.37 Å². The van der Waals surface area contributed by atoms with E-state index in [-0.39, 0.29) is 24.7 Å². The van der Waals surface area contributed by atoms with Crippen molar-refractivity contribution in [3.63, 3.8) is 0 Å². The monoisotopic (exact) mass is 446 g/mol. The fraction of sp³-hybridized carbons (Fsp3) is 1.00. The Morgan fingerprint density at radius 2 is 0.964 bits per heavy atom. The lowest BCUT2D eigenvalue weighted by Gasteiger charge is -2.31. The predicted octanol–water partition coefficient (Wildman–Crippen LogP) is 2.05. The second kappa shape index (κ2) is 12.4. The summed E-state index contributed by atoms with van der Waals surface area (Å²) in [5.74, 6) is 0.562. The van der Waals surface area contributed by atoms with Crippen LogP contribution in [0.25, 0.3) is 0 Å². The van der Waals surface area contributed by atoms with Crippen LogP contribution in [0.5, 0.6) is 0 Å². The molecule has 0 aliphatic heterocycles. The van der Waals surface area contributed by atoms with Gasteiger partial charge in [0, 0.05) is 0 Å². The SMILES string of the molecule is CC[C@H](C)CC[C@@H](OS(C)(=O)=O)[C@@H](O)[C@H](O)[C@@H](CC[C@@H](C)CC)OS(C)(=O)=O. The van der Waals surface area contributed by atoms with Gasteiger partial charge in [0.1, 0.15) is 24.4 Å². The van der Waals surface area contributed by atoms with Gasteiger partial charge in [-0.3, -0.25) is 8.37 Å². The Kier molecular flexibility index (Phi) is 12.3. The standard InChI is InChI=1S/C18H38O8S2/c1-7-13(3)9-11-15(25-27(5,21)22)17(19)18(20)16(26-28(6,23)24)12-10-14(4)8-2/h13-20H,7-12H2,1-6H3/t13-,14-,15+,16+,17+,18+/m0/s1. The molecule has 0 amide bonds. The van der Waals surface area contributed by atoms with Gasteiger partial charge in [0.05, 0.1) is 12.5 Å². The van der Waals surface area contributed by atoms with Crippen LogP contribution in [0.3, 0.4) is 0 Å². The maximum Gasteiger partial charge on any atom is 0.264 e. The van der Waals surface area contributed by atoms with Gasteiger partial charge in [-0.2, -0.15) is 16.8 Å². The highest BCUT2D eigenvalue weighted by Crippen LogP contribution is 2.24. The summed E-state index contributed by atoms with van der Waals surface area (Å²) >= 11 is 0. The van der Waals surface area contributed by atoms with Gasteiger partial charge in [0.2, 0.25) is 0 Å².